The third-order valence-electron chi connectivity index (χ3n) is 4.46. The largest absolute Gasteiger partial charge is 0.385 e. The highest BCUT2D eigenvalue weighted by molar-refractivity contribution is 7.12. The summed E-state index contributed by atoms with van der Waals surface area (Å²) in [7, 11) is 0. The number of ketones is 1. The molecule has 1 heterocycles. The van der Waals surface area contributed by atoms with E-state index in [9.17, 15) is 4.79 Å². The van der Waals surface area contributed by atoms with Gasteiger partial charge in [-0.25, -0.2) is 0 Å². The molecular formula is C19H23NOS. The second-order valence-electron chi connectivity index (χ2n) is 6.03. The van der Waals surface area contributed by atoms with Crippen LogP contribution in [0.5, 0.6) is 0 Å². The quantitative estimate of drug-likeness (QED) is 0.715. The van der Waals surface area contributed by atoms with Gasteiger partial charge in [-0.15, -0.1) is 11.3 Å². The third kappa shape index (κ3) is 3.98. The maximum atomic E-state index is 11.9. The number of rotatable bonds is 6. The van der Waals surface area contributed by atoms with Gasteiger partial charge in [0.15, 0.2) is 5.78 Å². The lowest BCUT2D eigenvalue weighted by Crippen LogP contribution is -2.08. The number of carbonyl (C=O) groups excluding carboxylic acids is 1. The molecule has 1 aromatic carbocycles. The lowest BCUT2D eigenvalue weighted by Gasteiger charge is -2.22. The summed E-state index contributed by atoms with van der Waals surface area (Å²) in [5.41, 5.74) is 2.58. The predicted octanol–water partition coefficient (Wildman–Crippen LogP) is 5.48. The van der Waals surface area contributed by atoms with Gasteiger partial charge < -0.3 is 5.32 Å². The highest BCUT2D eigenvalue weighted by atomic mass is 32.1. The Bertz CT molecular complexity index is 582. The first-order chi connectivity index (χ1) is 10.8. The maximum Gasteiger partial charge on any atom is 0.174 e. The molecule has 1 saturated carbocycles. The molecule has 1 N–H and O–H groups in total. The average molecular weight is 313 g/mol. The summed E-state index contributed by atoms with van der Waals surface area (Å²) in [5.74, 6) is 0.976. The molecule has 1 aromatic heterocycles. The number of benzene rings is 1. The highest BCUT2D eigenvalue weighted by Gasteiger charge is 2.15. The van der Waals surface area contributed by atoms with Crippen LogP contribution in [0.3, 0.4) is 0 Å². The molecule has 3 rings (SSSR count). The molecule has 0 bridgehead atoms. The van der Waals surface area contributed by atoms with E-state index < -0.39 is 0 Å². The van der Waals surface area contributed by atoms with Crippen molar-refractivity contribution in [3.8, 4) is 0 Å². The van der Waals surface area contributed by atoms with Crippen molar-refractivity contribution >= 4 is 22.8 Å². The van der Waals surface area contributed by atoms with Crippen LogP contribution in [-0.4, -0.2) is 12.3 Å². The number of thiophene rings is 1. The van der Waals surface area contributed by atoms with Gasteiger partial charge in [0.05, 0.1) is 4.88 Å². The fourth-order valence-electron chi connectivity index (χ4n) is 3.19. The standard InChI is InChI=1S/C19H23NOS/c21-18(19-7-4-14-22-19)12-13-20-17-10-8-16(9-11-17)15-5-2-1-3-6-15/h4,7-11,14-15,20H,1-3,5-6,12-13H2. The second kappa shape index (κ2) is 7.59. The first-order valence-corrected chi connectivity index (χ1v) is 9.11. The van der Waals surface area contributed by atoms with Crippen LogP contribution in [0.2, 0.25) is 0 Å². The summed E-state index contributed by atoms with van der Waals surface area (Å²) in [5, 5.41) is 5.30. The normalized spacial score (nSPS) is 15.6. The van der Waals surface area contributed by atoms with Gasteiger partial charge in [0.2, 0.25) is 0 Å². The fraction of sp³-hybridized carbons (Fsp3) is 0.421. The van der Waals surface area contributed by atoms with Crippen LogP contribution in [0, 0.1) is 0 Å². The van der Waals surface area contributed by atoms with Gasteiger partial charge >= 0.3 is 0 Å². The number of carbonyl (C=O) groups is 1. The van der Waals surface area contributed by atoms with Gasteiger partial charge in [-0.2, -0.15) is 0 Å². The summed E-state index contributed by atoms with van der Waals surface area (Å²) >= 11 is 1.52. The maximum absolute atomic E-state index is 11.9. The molecule has 0 atom stereocenters. The molecule has 0 aliphatic heterocycles. The molecule has 0 spiro atoms. The van der Waals surface area contributed by atoms with Crippen molar-refractivity contribution in [2.24, 2.45) is 0 Å². The lowest BCUT2D eigenvalue weighted by atomic mass is 9.84. The Hall–Kier alpha value is -1.61. The topological polar surface area (TPSA) is 29.1 Å². The Balaban J connectivity index is 1.47. The van der Waals surface area contributed by atoms with Gasteiger partial charge in [0.1, 0.15) is 0 Å². The molecule has 116 valence electrons. The van der Waals surface area contributed by atoms with E-state index in [0.717, 1.165) is 16.5 Å². The van der Waals surface area contributed by atoms with Crippen LogP contribution in [0.15, 0.2) is 41.8 Å². The molecule has 2 aromatic rings. The van der Waals surface area contributed by atoms with Gasteiger partial charge in [-0.1, -0.05) is 37.5 Å². The molecule has 0 unspecified atom stereocenters. The van der Waals surface area contributed by atoms with Crippen molar-refractivity contribution in [2.45, 2.75) is 44.4 Å². The van der Waals surface area contributed by atoms with E-state index in [2.05, 4.69) is 29.6 Å². The number of anilines is 1. The minimum Gasteiger partial charge on any atom is -0.385 e. The number of hydrogen-bond donors (Lipinski definition) is 1. The minimum atomic E-state index is 0.223. The zero-order valence-electron chi connectivity index (χ0n) is 12.9. The Morgan fingerprint density at radius 1 is 1.09 bits per heavy atom. The molecule has 3 heteroatoms. The average Bonchev–Trinajstić information content (AvgIpc) is 3.11. The van der Waals surface area contributed by atoms with Gasteiger partial charge in [0, 0.05) is 18.7 Å². The Morgan fingerprint density at radius 2 is 1.86 bits per heavy atom. The molecule has 1 aliphatic rings. The minimum absolute atomic E-state index is 0.223. The monoisotopic (exact) mass is 313 g/mol. The van der Waals surface area contributed by atoms with E-state index in [1.54, 1.807) is 0 Å². The van der Waals surface area contributed by atoms with Crippen molar-refractivity contribution in [1.29, 1.82) is 0 Å². The van der Waals surface area contributed by atoms with Crippen LogP contribution in [-0.2, 0) is 0 Å². The van der Waals surface area contributed by atoms with Gasteiger partial charge in [-0.3, -0.25) is 4.79 Å². The predicted molar refractivity (Wildman–Crippen MR) is 94.0 cm³/mol. The first-order valence-electron chi connectivity index (χ1n) is 8.23. The summed E-state index contributed by atoms with van der Waals surface area (Å²) in [6.07, 6.45) is 7.36. The highest BCUT2D eigenvalue weighted by Crippen LogP contribution is 2.32. The lowest BCUT2D eigenvalue weighted by molar-refractivity contribution is 0.0990. The van der Waals surface area contributed by atoms with Crippen LogP contribution in [0.4, 0.5) is 5.69 Å². The summed E-state index contributed by atoms with van der Waals surface area (Å²) < 4.78 is 0. The molecule has 2 nitrogen and oxygen atoms in total. The molecule has 0 radical (unpaired) electrons. The fourth-order valence-corrected chi connectivity index (χ4v) is 3.88. The Morgan fingerprint density at radius 3 is 2.55 bits per heavy atom. The Kier molecular flexibility index (Phi) is 5.28. The van der Waals surface area contributed by atoms with Gasteiger partial charge in [-0.05, 0) is 47.9 Å². The van der Waals surface area contributed by atoms with E-state index in [1.807, 2.05) is 17.5 Å². The van der Waals surface area contributed by atoms with Crippen LogP contribution >= 0.6 is 11.3 Å². The van der Waals surface area contributed by atoms with E-state index in [4.69, 9.17) is 0 Å². The van der Waals surface area contributed by atoms with Crippen molar-refractivity contribution < 1.29 is 4.79 Å². The molecule has 1 aliphatic carbocycles. The van der Waals surface area contributed by atoms with Crippen LogP contribution < -0.4 is 5.32 Å². The van der Waals surface area contributed by atoms with E-state index in [0.29, 0.717) is 13.0 Å². The van der Waals surface area contributed by atoms with Crippen molar-refractivity contribution in [2.75, 3.05) is 11.9 Å². The zero-order valence-corrected chi connectivity index (χ0v) is 13.7. The molecule has 22 heavy (non-hydrogen) atoms. The molecule has 0 amide bonds. The summed E-state index contributed by atoms with van der Waals surface area (Å²) in [4.78, 5) is 12.8. The molecule has 0 saturated heterocycles. The molecule has 1 fully saturated rings. The number of hydrogen-bond acceptors (Lipinski definition) is 3. The smallest absolute Gasteiger partial charge is 0.174 e. The summed E-state index contributed by atoms with van der Waals surface area (Å²) in [6, 6.07) is 12.6. The number of nitrogens with one attached hydrogen (secondary N) is 1. The van der Waals surface area contributed by atoms with Crippen molar-refractivity contribution in [3.63, 3.8) is 0 Å². The van der Waals surface area contributed by atoms with E-state index >= 15 is 0 Å². The Labute approximate surface area is 136 Å². The van der Waals surface area contributed by atoms with Gasteiger partial charge in [0.25, 0.3) is 0 Å². The first kappa shape index (κ1) is 15.3. The summed E-state index contributed by atoms with van der Waals surface area (Å²) in [6.45, 7) is 0.694. The van der Waals surface area contributed by atoms with Crippen molar-refractivity contribution in [1.82, 2.24) is 0 Å². The van der Waals surface area contributed by atoms with Crippen molar-refractivity contribution in [3.05, 3.63) is 52.2 Å². The zero-order chi connectivity index (χ0) is 15.2. The SMILES string of the molecule is O=C(CCNc1ccc(C2CCCCC2)cc1)c1cccs1. The number of Topliss-reactive ketones (excluding diaryl/α,β-unsaturated/α-hetero) is 1. The van der Waals surface area contributed by atoms with Crippen LogP contribution in [0.25, 0.3) is 0 Å². The second-order valence-corrected chi connectivity index (χ2v) is 6.98. The van der Waals surface area contributed by atoms with E-state index in [-0.39, 0.29) is 5.78 Å². The third-order valence-corrected chi connectivity index (χ3v) is 5.38. The molecular weight excluding hydrogens is 290 g/mol. The van der Waals surface area contributed by atoms with Crippen LogP contribution in [0.1, 0.15) is 59.7 Å². The van der Waals surface area contributed by atoms with E-state index in [1.165, 1.54) is 49.0 Å².